The molecule has 0 bridgehead atoms. The van der Waals surface area contributed by atoms with Crippen LogP contribution in [-0.4, -0.2) is 36.5 Å². The van der Waals surface area contributed by atoms with Gasteiger partial charge in [-0.1, -0.05) is 11.3 Å². The number of rotatable bonds is 4. The minimum absolute atomic E-state index is 0.0258. The summed E-state index contributed by atoms with van der Waals surface area (Å²) in [6.07, 6.45) is 0.703. The van der Waals surface area contributed by atoms with Gasteiger partial charge in [-0.3, -0.25) is 14.9 Å². The minimum atomic E-state index is -0.482. The van der Waals surface area contributed by atoms with Gasteiger partial charge in [0.25, 0.3) is 5.91 Å². The molecule has 0 fully saturated rings. The third kappa shape index (κ3) is 2.92. The molecule has 1 aromatic heterocycles. The molecule has 7 nitrogen and oxygen atoms in total. The molecule has 3 rings (SSSR count). The first-order valence-corrected chi connectivity index (χ1v) is 8.12. The van der Waals surface area contributed by atoms with Crippen LogP contribution in [0.15, 0.2) is 24.3 Å². The van der Waals surface area contributed by atoms with Crippen LogP contribution in [0.5, 0.6) is 11.5 Å². The monoisotopic (exact) mass is 348 g/mol. The van der Waals surface area contributed by atoms with Crippen LogP contribution in [0.1, 0.15) is 20.8 Å². The molecule has 2 aromatic rings. The Kier molecular flexibility index (Phi) is 4.39. The van der Waals surface area contributed by atoms with Crippen molar-refractivity contribution in [2.75, 3.05) is 20.8 Å². The number of carbonyl (C=O) groups excluding carboxylic acids is 1. The number of hydrogen-bond donors (Lipinski definition) is 0. The quantitative estimate of drug-likeness (QED) is 0.627. The molecule has 1 aromatic carbocycles. The minimum Gasteiger partial charge on any atom is -0.493 e. The topological polar surface area (TPSA) is 81.9 Å². The summed E-state index contributed by atoms with van der Waals surface area (Å²) >= 11 is 0.903. The van der Waals surface area contributed by atoms with Crippen molar-refractivity contribution in [3.05, 3.63) is 50.4 Å². The number of fused-ring (bicyclic) bond motifs is 1. The van der Waals surface area contributed by atoms with Gasteiger partial charge in [0.1, 0.15) is 0 Å². The van der Waals surface area contributed by atoms with Gasteiger partial charge in [-0.2, -0.15) is 0 Å². The maximum atomic E-state index is 12.6. The predicted octanol–water partition coefficient (Wildman–Crippen LogP) is 2.87. The summed E-state index contributed by atoms with van der Waals surface area (Å²) in [7, 11) is 3.16. The van der Waals surface area contributed by atoms with Gasteiger partial charge in [-0.05, 0) is 35.7 Å². The maximum Gasteiger partial charge on any atom is 0.324 e. The van der Waals surface area contributed by atoms with Crippen molar-refractivity contribution in [3.63, 3.8) is 0 Å². The number of nitrogens with zero attached hydrogens (tertiary/aromatic N) is 2. The van der Waals surface area contributed by atoms with Crippen LogP contribution in [0.25, 0.3) is 0 Å². The van der Waals surface area contributed by atoms with Gasteiger partial charge in [-0.15, -0.1) is 0 Å². The molecular weight excluding hydrogens is 332 g/mol. The number of amides is 1. The van der Waals surface area contributed by atoms with Crippen molar-refractivity contribution >= 4 is 22.2 Å². The van der Waals surface area contributed by atoms with E-state index in [1.807, 2.05) is 12.1 Å². The first-order valence-electron chi connectivity index (χ1n) is 7.30. The lowest BCUT2D eigenvalue weighted by Crippen LogP contribution is -2.35. The number of nitro groups is 1. The van der Waals surface area contributed by atoms with E-state index in [1.54, 1.807) is 19.1 Å². The molecule has 0 spiro atoms. The van der Waals surface area contributed by atoms with Crippen molar-refractivity contribution in [1.82, 2.24) is 4.90 Å². The summed E-state index contributed by atoms with van der Waals surface area (Å²) in [5.41, 5.74) is 2.12. The average molecular weight is 348 g/mol. The Hall–Kier alpha value is -2.61. The molecule has 0 radical (unpaired) electrons. The van der Waals surface area contributed by atoms with Gasteiger partial charge in [0.2, 0.25) is 0 Å². The van der Waals surface area contributed by atoms with E-state index in [1.165, 1.54) is 12.1 Å². The van der Waals surface area contributed by atoms with E-state index in [2.05, 4.69) is 0 Å². The Morgan fingerprint density at radius 1 is 1.21 bits per heavy atom. The lowest BCUT2D eigenvalue weighted by atomic mass is 9.98. The van der Waals surface area contributed by atoms with Gasteiger partial charge >= 0.3 is 5.00 Å². The number of ether oxygens (including phenoxy) is 2. The fourth-order valence-electron chi connectivity index (χ4n) is 2.75. The highest BCUT2D eigenvalue weighted by molar-refractivity contribution is 7.17. The summed E-state index contributed by atoms with van der Waals surface area (Å²) in [6, 6.07) is 6.69. The zero-order chi connectivity index (χ0) is 17.3. The zero-order valence-corrected chi connectivity index (χ0v) is 14.1. The van der Waals surface area contributed by atoms with Crippen LogP contribution in [0.4, 0.5) is 5.00 Å². The third-order valence-electron chi connectivity index (χ3n) is 3.99. The molecule has 0 N–H and O–H groups in total. The Labute approximate surface area is 142 Å². The van der Waals surface area contributed by atoms with Gasteiger partial charge < -0.3 is 14.4 Å². The highest BCUT2D eigenvalue weighted by Gasteiger charge is 2.25. The summed E-state index contributed by atoms with van der Waals surface area (Å²) in [4.78, 5) is 25.0. The molecule has 0 unspecified atom stereocenters. The van der Waals surface area contributed by atoms with Gasteiger partial charge in [-0.25, -0.2) is 0 Å². The van der Waals surface area contributed by atoms with Crippen molar-refractivity contribution in [2.24, 2.45) is 0 Å². The predicted molar refractivity (Wildman–Crippen MR) is 89.0 cm³/mol. The second-order valence-electron chi connectivity index (χ2n) is 5.35. The SMILES string of the molecule is COc1cc2c(cc1OC)CN(C(=O)c1ccc([N+](=O)[O-])s1)CC2. The van der Waals surface area contributed by atoms with Crippen LogP contribution in [-0.2, 0) is 13.0 Å². The van der Waals surface area contributed by atoms with E-state index in [4.69, 9.17) is 9.47 Å². The van der Waals surface area contributed by atoms with E-state index in [0.29, 0.717) is 35.9 Å². The van der Waals surface area contributed by atoms with Crippen molar-refractivity contribution in [2.45, 2.75) is 13.0 Å². The van der Waals surface area contributed by atoms with Crippen LogP contribution in [0.3, 0.4) is 0 Å². The molecule has 126 valence electrons. The Morgan fingerprint density at radius 2 is 1.88 bits per heavy atom. The highest BCUT2D eigenvalue weighted by Crippen LogP contribution is 2.34. The van der Waals surface area contributed by atoms with E-state index in [-0.39, 0.29) is 10.9 Å². The number of benzene rings is 1. The Bertz CT molecular complexity index is 802. The average Bonchev–Trinajstić information content (AvgIpc) is 3.09. The second kappa shape index (κ2) is 6.48. The van der Waals surface area contributed by atoms with Crippen LogP contribution in [0.2, 0.25) is 0 Å². The molecule has 2 heterocycles. The Balaban J connectivity index is 1.83. The standard InChI is InChI=1S/C16H16N2O5S/c1-22-12-7-10-5-6-17(9-11(10)8-13(12)23-2)16(19)14-3-4-15(24-14)18(20)21/h3-4,7-8H,5-6,9H2,1-2H3. The zero-order valence-electron chi connectivity index (χ0n) is 13.3. The number of carbonyl (C=O) groups is 1. The maximum absolute atomic E-state index is 12.6. The molecule has 0 aliphatic carbocycles. The molecule has 24 heavy (non-hydrogen) atoms. The second-order valence-corrected chi connectivity index (χ2v) is 6.41. The number of thiophene rings is 1. The lowest BCUT2D eigenvalue weighted by Gasteiger charge is -2.29. The molecule has 1 aliphatic rings. The first-order chi connectivity index (χ1) is 11.5. The summed E-state index contributed by atoms with van der Waals surface area (Å²) < 4.78 is 10.6. The van der Waals surface area contributed by atoms with Crippen molar-refractivity contribution < 1.29 is 19.2 Å². The van der Waals surface area contributed by atoms with Crippen LogP contribution >= 0.6 is 11.3 Å². The van der Waals surface area contributed by atoms with Crippen molar-refractivity contribution in [1.29, 1.82) is 0 Å². The van der Waals surface area contributed by atoms with Gasteiger partial charge in [0.15, 0.2) is 11.5 Å². The largest absolute Gasteiger partial charge is 0.493 e. The number of methoxy groups -OCH3 is 2. The smallest absolute Gasteiger partial charge is 0.324 e. The molecule has 0 atom stereocenters. The summed E-state index contributed by atoms with van der Waals surface area (Å²) in [6.45, 7) is 1.01. The van der Waals surface area contributed by atoms with Gasteiger partial charge in [0, 0.05) is 19.2 Å². The molecule has 0 saturated heterocycles. The molecule has 1 amide bonds. The van der Waals surface area contributed by atoms with Crippen molar-refractivity contribution in [3.8, 4) is 11.5 Å². The Morgan fingerprint density at radius 3 is 2.46 bits per heavy atom. The number of hydrogen-bond acceptors (Lipinski definition) is 6. The van der Waals surface area contributed by atoms with E-state index in [0.717, 1.165) is 22.5 Å². The molecule has 0 saturated carbocycles. The van der Waals surface area contributed by atoms with E-state index in [9.17, 15) is 14.9 Å². The molecule has 8 heteroatoms. The molecule has 1 aliphatic heterocycles. The summed E-state index contributed by atoms with van der Waals surface area (Å²) in [5.74, 6) is 1.11. The third-order valence-corrected chi connectivity index (χ3v) is 5.01. The van der Waals surface area contributed by atoms with E-state index >= 15 is 0 Å². The first kappa shape index (κ1) is 16.3. The summed E-state index contributed by atoms with van der Waals surface area (Å²) in [5, 5.41) is 10.7. The van der Waals surface area contributed by atoms with Crippen LogP contribution in [0, 0.1) is 10.1 Å². The fraction of sp³-hybridized carbons (Fsp3) is 0.312. The van der Waals surface area contributed by atoms with Gasteiger partial charge in [0.05, 0.1) is 24.0 Å². The highest BCUT2D eigenvalue weighted by atomic mass is 32.1. The van der Waals surface area contributed by atoms with Crippen LogP contribution < -0.4 is 9.47 Å². The molecular formula is C16H16N2O5S. The van der Waals surface area contributed by atoms with E-state index < -0.39 is 4.92 Å². The lowest BCUT2D eigenvalue weighted by molar-refractivity contribution is -0.380. The normalized spacial score (nSPS) is 13.3. The fourth-order valence-corrected chi connectivity index (χ4v) is 3.54.